The smallest absolute Gasteiger partial charge is 0.256 e. The molecule has 4 aliphatic rings. The number of hydrogen-bond donors (Lipinski definition) is 0. The summed E-state index contributed by atoms with van der Waals surface area (Å²) >= 11 is 0. The van der Waals surface area contributed by atoms with Crippen LogP contribution < -0.4 is 52.1 Å². The Bertz CT molecular complexity index is 4150. The highest BCUT2D eigenvalue weighted by molar-refractivity contribution is 7.02. The van der Waals surface area contributed by atoms with E-state index >= 15 is 0 Å². The van der Waals surface area contributed by atoms with Gasteiger partial charge in [-0.3, -0.25) is 0 Å². The van der Waals surface area contributed by atoms with Crippen LogP contribution in [-0.4, -0.2) is 22.6 Å². The first kappa shape index (κ1) is 40.0. The van der Waals surface area contributed by atoms with E-state index < -0.39 is 0 Å². The van der Waals surface area contributed by atoms with Crippen molar-refractivity contribution in [3.05, 3.63) is 243 Å². The predicted octanol–water partition coefficient (Wildman–Crippen LogP) is 12.7. The largest absolute Gasteiger partial charge is 0.458 e. The lowest BCUT2D eigenvalue weighted by Crippen LogP contribution is -2.63. The van der Waals surface area contributed by atoms with Crippen LogP contribution in [0.15, 0.2) is 243 Å². The topological polar surface area (TPSA) is 34.8 Å². The molecule has 11 aromatic carbocycles. The molecule has 0 saturated heterocycles. The number of benzene rings is 11. The first-order valence-electron chi connectivity index (χ1n) is 25.5. The highest BCUT2D eigenvalue weighted by atomic mass is 16.5. The van der Waals surface area contributed by atoms with Gasteiger partial charge in [-0.25, -0.2) is 0 Å². The quantitative estimate of drug-likeness (QED) is 0.165. The molecule has 8 heteroatoms. The standard InChI is InChI=1S/C66H40B2N4O2/c1-3-19-41(20-4-1)69-57-33-17-11-27-49(57)67-51-39-52-62(40-61(51)73-63-37-43(35-59(69)65(63)67)71-53-29-13-7-23-45(53)46-24-8-14-30-54(46)71)74-64-38-44(72-55-31-15-9-25-47(55)48-26-10-16-32-56(48)72)36-60-66(64)68(52)50-28-12-18-34-58(50)70(60)42-21-5-2-6-22-42/h1-40H. The van der Waals surface area contributed by atoms with Crippen molar-refractivity contribution in [3.63, 3.8) is 0 Å². The van der Waals surface area contributed by atoms with Gasteiger partial charge in [0.15, 0.2) is 0 Å². The Morgan fingerprint density at radius 1 is 0.257 bits per heavy atom. The summed E-state index contributed by atoms with van der Waals surface area (Å²) in [7, 11) is 0. The predicted molar refractivity (Wildman–Crippen MR) is 307 cm³/mol. The second kappa shape index (κ2) is 14.9. The molecule has 0 aliphatic carbocycles. The van der Waals surface area contributed by atoms with E-state index in [0.29, 0.717) is 0 Å². The van der Waals surface area contributed by atoms with Gasteiger partial charge in [0.25, 0.3) is 13.4 Å². The number of ether oxygens (including phenoxy) is 2. The summed E-state index contributed by atoms with van der Waals surface area (Å²) in [5.41, 5.74) is 20.4. The molecule has 0 unspecified atom stereocenters. The number of rotatable bonds is 4. The van der Waals surface area contributed by atoms with Crippen molar-refractivity contribution in [1.82, 2.24) is 9.13 Å². The van der Waals surface area contributed by atoms with Crippen LogP contribution in [0.25, 0.3) is 55.0 Å². The molecule has 17 rings (SSSR count). The minimum absolute atomic E-state index is 0.129. The highest BCUT2D eigenvalue weighted by Gasteiger charge is 2.47. The number of nitrogens with zero attached hydrogens (tertiary/aromatic N) is 4. The van der Waals surface area contributed by atoms with Crippen molar-refractivity contribution >= 4 is 124 Å². The fourth-order valence-corrected chi connectivity index (χ4v) is 13.2. The Hall–Kier alpha value is -9.65. The molecule has 0 atom stereocenters. The molecule has 4 aliphatic heterocycles. The van der Waals surface area contributed by atoms with E-state index in [1.165, 1.54) is 32.5 Å². The van der Waals surface area contributed by atoms with Crippen molar-refractivity contribution in [1.29, 1.82) is 0 Å². The van der Waals surface area contributed by atoms with Gasteiger partial charge in [-0.05, 0) is 106 Å². The summed E-state index contributed by atoms with van der Waals surface area (Å²) in [4.78, 5) is 4.87. The summed E-state index contributed by atoms with van der Waals surface area (Å²) < 4.78 is 19.7. The minimum atomic E-state index is -0.129. The molecule has 6 nitrogen and oxygen atoms in total. The zero-order valence-corrected chi connectivity index (χ0v) is 39.9. The zero-order chi connectivity index (χ0) is 48.2. The Morgan fingerprint density at radius 3 is 1.01 bits per heavy atom. The first-order chi connectivity index (χ1) is 36.7. The molecule has 0 spiro atoms. The van der Waals surface area contributed by atoms with E-state index in [2.05, 4.69) is 262 Å². The van der Waals surface area contributed by atoms with E-state index in [4.69, 9.17) is 9.47 Å². The maximum Gasteiger partial charge on any atom is 0.256 e. The molecule has 0 N–H and O–H groups in total. The summed E-state index contributed by atoms with van der Waals surface area (Å²) in [5.74, 6) is 3.26. The van der Waals surface area contributed by atoms with Gasteiger partial charge in [-0.1, -0.05) is 152 Å². The Kier molecular flexibility index (Phi) is 8.08. The van der Waals surface area contributed by atoms with Crippen LogP contribution in [-0.2, 0) is 0 Å². The number of para-hydroxylation sites is 8. The SMILES string of the molecule is c1ccc(N2c3ccccc3B3c4cc5c(cc4Oc4cc(-n6c7ccccc7c7ccccc76)cc2c43)Oc2cc(-n3c4ccccc4c4ccccc43)cc3c2B5c2ccccc2N3c2ccccc2)cc1. The lowest BCUT2D eigenvalue weighted by molar-refractivity contribution is 0.465. The fourth-order valence-electron chi connectivity index (χ4n) is 13.2. The van der Waals surface area contributed by atoms with Gasteiger partial charge in [0, 0.05) is 73.9 Å². The maximum atomic E-state index is 7.44. The molecule has 2 aromatic heterocycles. The fraction of sp³-hybridized carbons (Fsp3) is 0. The van der Waals surface area contributed by atoms with Crippen LogP contribution in [0.3, 0.4) is 0 Å². The number of hydrogen-bond acceptors (Lipinski definition) is 4. The van der Waals surface area contributed by atoms with E-state index in [9.17, 15) is 0 Å². The van der Waals surface area contributed by atoms with Gasteiger partial charge in [0.1, 0.15) is 23.0 Å². The lowest BCUT2D eigenvalue weighted by atomic mass is 9.31. The number of fused-ring (bicyclic) bond motifs is 14. The van der Waals surface area contributed by atoms with E-state index in [0.717, 1.165) is 112 Å². The normalized spacial score (nSPS) is 13.5. The van der Waals surface area contributed by atoms with E-state index in [-0.39, 0.29) is 13.4 Å². The van der Waals surface area contributed by atoms with Crippen LogP contribution in [0.5, 0.6) is 23.0 Å². The van der Waals surface area contributed by atoms with Gasteiger partial charge in [0.2, 0.25) is 0 Å². The second-order valence-corrected chi connectivity index (χ2v) is 20.0. The molecule has 0 saturated carbocycles. The minimum Gasteiger partial charge on any atom is -0.458 e. The average molecular weight is 943 g/mol. The molecular weight excluding hydrogens is 902 g/mol. The molecule has 74 heavy (non-hydrogen) atoms. The van der Waals surface area contributed by atoms with E-state index in [1.807, 2.05) is 0 Å². The first-order valence-corrected chi connectivity index (χ1v) is 25.5. The van der Waals surface area contributed by atoms with Crippen LogP contribution in [0.4, 0.5) is 34.1 Å². The summed E-state index contributed by atoms with van der Waals surface area (Å²) in [6.45, 7) is -0.258. The summed E-state index contributed by atoms with van der Waals surface area (Å²) in [6, 6.07) is 88.2. The van der Waals surface area contributed by atoms with Crippen molar-refractivity contribution < 1.29 is 9.47 Å². The van der Waals surface area contributed by atoms with Crippen LogP contribution in [0, 0.1) is 0 Å². The zero-order valence-electron chi connectivity index (χ0n) is 39.9. The molecule has 0 radical (unpaired) electrons. The second-order valence-electron chi connectivity index (χ2n) is 20.0. The molecule has 342 valence electrons. The van der Waals surface area contributed by atoms with Crippen LogP contribution in [0.1, 0.15) is 0 Å². The van der Waals surface area contributed by atoms with Crippen LogP contribution in [0.2, 0.25) is 0 Å². The molecular formula is C66H40B2N4O2. The lowest BCUT2D eigenvalue weighted by Gasteiger charge is -2.42. The van der Waals surface area contributed by atoms with Gasteiger partial charge in [-0.15, -0.1) is 0 Å². The highest BCUT2D eigenvalue weighted by Crippen LogP contribution is 2.47. The Labute approximate surface area is 427 Å². The molecule has 0 fully saturated rings. The van der Waals surface area contributed by atoms with Gasteiger partial charge < -0.3 is 28.4 Å². The maximum absolute atomic E-state index is 7.44. The van der Waals surface area contributed by atoms with Gasteiger partial charge in [0.05, 0.1) is 33.4 Å². The third kappa shape index (κ3) is 5.41. The summed E-state index contributed by atoms with van der Waals surface area (Å²) in [6.07, 6.45) is 0. The molecule has 6 heterocycles. The Balaban J connectivity index is 0.921. The van der Waals surface area contributed by atoms with Gasteiger partial charge >= 0.3 is 0 Å². The van der Waals surface area contributed by atoms with Crippen molar-refractivity contribution in [2.24, 2.45) is 0 Å². The number of anilines is 6. The average Bonchev–Trinajstić information content (AvgIpc) is 4.01. The van der Waals surface area contributed by atoms with Crippen molar-refractivity contribution in [3.8, 4) is 34.4 Å². The van der Waals surface area contributed by atoms with Gasteiger partial charge in [-0.2, -0.15) is 0 Å². The monoisotopic (exact) mass is 942 g/mol. The molecule has 13 aromatic rings. The molecule has 0 amide bonds. The van der Waals surface area contributed by atoms with Crippen molar-refractivity contribution in [2.45, 2.75) is 0 Å². The van der Waals surface area contributed by atoms with E-state index in [1.54, 1.807) is 0 Å². The number of aromatic nitrogens is 2. The van der Waals surface area contributed by atoms with Crippen molar-refractivity contribution in [2.75, 3.05) is 9.80 Å². The van der Waals surface area contributed by atoms with Crippen LogP contribution >= 0.6 is 0 Å². The summed E-state index contributed by atoms with van der Waals surface area (Å²) in [5, 5.41) is 4.87. The third-order valence-electron chi connectivity index (χ3n) is 16.2. The third-order valence-corrected chi connectivity index (χ3v) is 16.2. The molecule has 0 bridgehead atoms. The Morgan fingerprint density at radius 2 is 0.608 bits per heavy atom.